The molecule has 4 heterocycles. The Kier molecular flexibility index (Phi) is 11.7. The van der Waals surface area contributed by atoms with Gasteiger partial charge in [0.25, 0.3) is 5.91 Å². The van der Waals surface area contributed by atoms with Gasteiger partial charge in [0.15, 0.2) is 17.6 Å². The highest BCUT2D eigenvalue weighted by atomic mass is 35.5. The molecule has 3 atom stereocenters. The van der Waals surface area contributed by atoms with Crippen molar-refractivity contribution in [3.8, 4) is 28.4 Å². The van der Waals surface area contributed by atoms with E-state index in [9.17, 15) is 19.5 Å². The lowest BCUT2D eigenvalue weighted by Crippen LogP contribution is -2.56. The number of aromatic nitrogens is 2. The van der Waals surface area contributed by atoms with Crippen LogP contribution in [0.5, 0.6) is 17.2 Å². The predicted octanol–water partition coefficient (Wildman–Crippen LogP) is 8.54. The van der Waals surface area contributed by atoms with E-state index in [4.69, 9.17) is 37.4 Å². The van der Waals surface area contributed by atoms with Crippen LogP contribution in [0.1, 0.15) is 55.7 Å². The number of amides is 2. The minimum absolute atomic E-state index is 0.0432. The Bertz CT molecular complexity index is 2570. The van der Waals surface area contributed by atoms with Gasteiger partial charge in [-0.2, -0.15) is 0 Å². The number of carbonyl (C=O) groups excluding carboxylic acids is 2. The van der Waals surface area contributed by atoms with E-state index in [1.807, 2.05) is 86.6 Å². The lowest BCUT2D eigenvalue weighted by molar-refractivity contribution is -0.142. The highest BCUT2D eigenvalue weighted by molar-refractivity contribution is 6.42. The molecule has 13 heteroatoms. The molecule has 8 rings (SSSR count). The summed E-state index contributed by atoms with van der Waals surface area (Å²) < 4.78 is 18.6. The number of benzene rings is 4. The number of nitrogens with one attached hydrogen (secondary N) is 1. The molecule has 2 aliphatic rings. The first kappa shape index (κ1) is 40.4. The maximum Gasteiger partial charge on any atom is 0.326 e. The van der Waals surface area contributed by atoms with E-state index < -0.39 is 36.0 Å². The third-order valence-corrected chi connectivity index (χ3v) is 11.7. The number of aliphatic carboxylic acids is 1. The zero-order chi connectivity index (χ0) is 41.9. The third-order valence-electron chi connectivity index (χ3n) is 10.9. The second-order valence-electron chi connectivity index (χ2n) is 14.8. The van der Waals surface area contributed by atoms with Gasteiger partial charge in [-0.15, -0.1) is 0 Å². The van der Waals surface area contributed by atoms with Gasteiger partial charge >= 0.3 is 5.97 Å². The molecular weight excluding hydrogens is 803 g/mol. The number of pyridine rings is 2. The number of carboxylic acid groups (broad SMARTS) is 1. The summed E-state index contributed by atoms with van der Waals surface area (Å²) in [6.45, 7) is 4.59. The third kappa shape index (κ3) is 8.78. The van der Waals surface area contributed by atoms with Crippen LogP contribution in [0.25, 0.3) is 11.1 Å². The molecule has 11 nitrogen and oxygen atoms in total. The van der Waals surface area contributed by atoms with Gasteiger partial charge in [0.05, 0.1) is 10.0 Å². The molecule has 0 saturated heterocycles. The largest absolute Gasteiger partial charge is 0.489 e. The number of hydrogen-bond acceptors (Lipinski definition) is 8. The molecule has 0 bridgehead atoms. The molecule has 0 radical (unpaired) electrons. The summed E-state index contributed by atoms with van der Waals surface area (Å²) in [7, 11) is 0. The minimum atomic E-state index is -1.25. The molecule has 2 amide bonds. The van der Waals surface area contributed by atoms with Gasteiger partial charge in [-0.05, 0) is 113 Å². The molecule has 304 valence electrons. The summed E-state index contributed by atoms with van der Waals surface area (Å²) >= 11 is 12.2. The van der Waals surface area contributed by atoms with Crippen molar-refractivity contribution in [3.05, 3.63) is 170 Å². The van der Waals surface area contributed by atoms with Crippen LogP contribution in [-0.4, -0.2) is 56.4 Å². The molecule has 0 fully saturated rings. The smallest absolute Gasteiger partial charge is 0.326 e. The topological polar surface area (TPSA) is 140 Å². The molecule has 6 aromatic rings. The highest BCUT2D eigenvalue weighted by Gasteiger charge is 2.38. The summed E-state index contributed by atoms with van der Waals surface area (Å²) in [6.07, 6.45) is 3.02. The average Bonchev–Trinajstić information content (AvgIpc) is 3.26. The van der Waals surface area contributed by atoms with Crippen LogP contribution < -0.4 is 19.5 Å². The standard InChI is InChI=1S/C47H40Cl2N4O7/c1-27-28(2)50-18-16-36(27)31-9-6-29(7-10-31)20-40(47(56)57)52-45(54)41-21-33-22-42-43(23-34(33)24-53(41)46(55)39-5-3-4-17-51-39)60-44(26-59-42)32-11-13-35(14-12-32)58-25-30-8-15-37(48)38(49)19-30/h3-19,22-23,40-41,44H,20-21,24-26H2,1-2H3,(H,52,54)(H,56,57)/t40?,41-,44+/m0/s1. The molecule has 2 aromatic heterocycles. The van der Waals surface area contributed by atoms with E-state index >= 15 is 0 Å². The fourth-order valence-corrected chi connectivity index (χ4v) is 7.77. The SMILES string of the molecule is Cc1nccc(-c2ccc(CC(NC(=O)[C@@H]3Cc4cc5c(cc4CN3C(=O)c3ccccn3)O[C@@H](c3ccc(OCc4ccc(Cl)c(Cl)c4)cc3)CO5)C(=O)O)cc2)c1C. The van der Waals surface area contributed by atoms with Crippen LogP contribution in [0.3, 0.4) is 0 Å². The van der Waals surface area contributed by atoms with Crippen LogP contribution in [0.2, 0.25) is 10.0 Å². The van der Waals surface area contributed by atoms with Gasteiger partial charge in [-0.3, -0.25) is 19.6 Å². The molecule has 2 N–H and O–H groups in total. The van der Waals surface area contributed by atoms with E-state index in [1.54, 1.807) is 36.5 Å². The molecule has 1 unspecified atom stereocenters. The molecule has 0 spiro atoms. The summed E-state index contributed by atoms with van der Waals surface area (Å²) in [5.41, 5.74) is 8.24. The Morgan fingerprint density at radius 3 is 2.37 bits per heavy atom. The van der Waals surface area contributed by atoms with Crippen molar-refractivity contribution >= 4 is 41.0 Å². The molecule has 4 aromatic carbocycles. The minimum Gasteiger partial charge on any atom is -0.489 e. The summed E-state index contributed by atoms with van der Waals surface area (Å²) in [5, 5.41) is 14.0. The second-order valence-corrected chi connectivity index (χ2v) is 15.6. The molecule has 0 aliphatic carbocycles. The quantitative estimate of drug-likeness (QED) is 0.131. The van der Waals surface area contributed by atoms with Gasteiger partial charge in [0, 0.05) is 37.5 Å². The van der Waals surface area contributed by atoms with Crippen molar-refractivity contribution < 1.29 is 33.7 Å². The van der Waals surface area contributed by atoms with E-state index in [0.29, 0.717) is 33.9 Å². The Labute approximate surface area is 356 Å². The maximum absolute atomic E-state index is 14.1. The summed E-state index contributed by atoms with van der Waals surface area (Å²) in [4.78, 5) is 50.8. The van der Waals surface area contributed by atoms with Crippen LogP contribution in [0.4, 0.5) is 0 Å². The molecular formula is C47H40Cl2N4O7. The second kappa shape index (κ2) is 17.4. The maximum atomic E-state index is 14.1. The number of carbonyl (C=O) groups is 3. The lowest BCUT2D eigenvalue weighted by Gasteiger charge is -2.37. The van der Waals surface area contributed by atoms with Gasteiger partial charge in [-0.25, -0.2) is 4.79 Å². The van der Waals surface area contributed by atoms with Gasteiger partial charge in [-0.1, -0.05) is 71.7 Å². The van der Waals surface area contributed by atoms with E-state index in [0.717, 1.165) is 50.2 Å². The predicted molar refractivity (Wildman–Crippen MR) is 227 cm³/mol. The number of ether oxygens (including phenoxy) is 3. The number of aryl methyl sites for hydroxylation is 1. The van der Waals surface area contributed by atoms with E-state index in [2.05, 4.69) is 15.3 Å². The Morgan fingerprint density at radius 1 is 0.867 bits per heavy atom. The Balaban J connectivity index is 0.981. The normalized spacial score (nSPS) is 16.0. The van der Waals surface area contributed by atoms with Crippen molar-refractivity contribution in [2.24, 2.45) is 0 Å². The van der Waals surface area contributed by atoms with Crippen LogP contribution in [0, 0.1) is 13.8 Å². The van der Waals surface area contributed by atoms with Crippen LogP contribution in [-0.2, 0) is 35.6 Å². The lowest BCUT2D eigenvalue weighted by atomic mass is 9.91. The van der Waals surface area contributed by atoms with Crippen molar-refractivity contribution in [1.82, 2.24) is 20.2 Å². The number of halogens is 2. The molecule has 2 aliphatic heterocycles. The number of nitrogens with zero attached hydrogens (tertiary/aromatic N) is 3. The first-order valence-corrected chi connectivity index (χ1v) is 20.1. The number of carboxylic acids is 1. The first-order valence-electron chi connectivity index (χ1n) is 19.4. The van der Waals surface area contributed by atoms with Crippen molar-refractivity contribution in [3.63, 3.8) is 0 Å². The summed E-state index contributed by atoms with van der Waals surface area (Å²) in [6, 6.07) is 28.9. The molecule has 0 saturated carbocycles. The number of rotatable bonds is 11. The van der Waals surface area contributed by atoms with Crippen LogP contribution in [0.15, 0.2) is 116 Å². The van der Waals surface area contributed by atoms with Crippen molar-refractivity contribution in [2.75, 3.05) is 6.61 Å². The van der Waals surface area contributed by atoms with E-state index in [-0.39, 0.29) is 31.7 Å². The van der Waals surface area contributed by atoms with Gasteiger partial charge in [0.1, 0.15) is 36.7 Å². The highest BCUT2D eigenvalue weighted by Crippen LogP contribution is 2.41. The first-order chi connectivity index (χ1) is 29.0. The monoisotopic (exact) mass is 842 g/mol. The zero-order valence-corrected chi connectivity index (χ0v) is 34.2. The van der Waals surface area contributed by atoms with Crippen molar-refractivity contribution in [1.29, 1.82) is 0 Å². The Hall–Kier alpha value is -6.43. The fourth-order valence-electron chi connectivity index (χ4n) is 7.45. The Morgan fingerprint density at radius 2 is 1.63 bits per heavy atom. The number of hydrogen-bond donors (Lipinski definition) is 2. The van der Waals surface area contributed by atoms with Crippen LogP contribution >= 0.6 is 23.2 Å². The summed E-state index contributed by atoms with van der Waals surface area (Å²) in [5.74, 6) is -0.548. The van der Waals surface area contributed by atoms with E-state index in [1.165, 1.54) is 11.1 Å². The fraction of sp³-hybridized carbons (Fsp3) is 0.213. The van der Waals surface area contributed by atoms with Crippen molar-refractivity contribution in [2.45, 2.75) is 58.0 Å². The van der Waals surface area contributed by atoms with Gasteiger partial charge < -0.3 is 29.5 Å². The zero-order valence-electron chi connectivity index (χ0n) is 32.7. The molecule has 60 heavy (non-hydrogen) atoms. The number of fused-ring (bicyclic) bond motifs is 2. The average molecular weight is 844 g/mol. The van der Waals surface area contributed by atoms with Gasteiger partial charge in [0.2, 0.25) is 5.91 Å².